The van der Waals surface area contributed by atoms with E-state index < -0.39 is 16.1 Å². The van der Waals surface area contributed by atoms with Crippen LogP contribution in [0.5, 0.6) is 0 Å². The first-order chi connectivity index (χ1) is 13.8. The van der Waals surface area contributed by atoms with Crippen molar-refractivity contribution in [3.8, 4) is 0 Å². The number of amides is 1. The molecule has 0 heterocycles. The topological polar surface area (TPSA) is 95.5 Å². The zero-order valence-corrected chi connectivity index (χ0v) is 17.2. The normalized spacial score (nSPS) is 12.7. The van der Waals surface area contributed by atoms with Gasteiger partial charge in [-0.1, -0.05) is 49.4 Å². The summed E-state index contributed by atoms with van der Waals surface area (Å²) in [5, 5.41) is 15.2. The molecule has 0 saturated carbocycles. The van der Waals surface area contributed by atoms with Crippen LogP contribution in [-0.2, 0) is 14.8 Å². The molecule has 0 aliphatic rings. The molecule has 3 aromatic rings. The van der Waals surface area contributed by atoms with Gasteiger partial charge in [0.2, 0.25) is 15.9 Å². The zero-order chi connectivity index (χ0) is 21.0. The Kier molecular flexibility index (Phi) is 6.32. The van der Waals surface area contributed by atoms with Gasteiger partial charge in [-0.2, -0.15) is 0 Å². The molecule has 1 unspecified atom stereocenters. The van der Waals surface area contributed by atoms with Gasteiger partial charge in [-0.3, -0.25) is 4.79 Å². The third-order valence-electron chi connectivity index (χ3n) is 4.72. The molecule has 1 atom stereocenters. The van der Waals surface area contributed by atoms with Crippen molar-refractivity contribution in [3.63, 3.8) is 0 Å². The molecule has 0 aliphatic carbocycles. The van der Waals surface area contributed by atoms with Gasteiger partial charge in [0.25, 0.3) is 0 Å². The second-order valence-corrected chi connectivity index (χ2v) is 8.55. The van der Waals surface area contributed by atoms with Gasteiger partial charge in [0.1, 0.15) is 0 Å². The van der Waals surface area contributed by atoms with Crippen molar-refractivity contribution in [2.45, 2.75) is 31.3 Å². The highest BCUT2D eigenvalue weighted by molar-refractivity contribution is 7.89. The maximum absolute atomic E-state index is 12.7. The first-order valence-electron chi connectivity index (χ1n) is 9.37. The van der Waals surface area contributed by atoms with E-state index in [9.17, 15) is 18.3 Å². The number of fused-ring (bicyclic) bond motifs is 1. The van der Waals surface area contributed by atoms with Crippen LogP contribution >= 0.6 is 0 Å². The molecule has 0 radical (unpaired) electrons. The number of sulfonamides is 1. The summed E-state index contributed by atoms with van der Waals surface area (Å²) in [5.41, 5.74) is 1.72. The molecule has 3 N–H and O–H groups in total. The van der Waals surface area contributed by atoms with E-state index in [-0.39, 0.29) is 17.3 Å². The van der Waals surface area contributed by atoms with Gasteiger partial charge < -0.3 is 10.4 Å². The number of nitrogens with one attached hydrogen (secondary N) is 2. The van der Waals surface area contributed by atoms with Crippen molar-refractivity contribution in [2.75, 3.05) is 11.9 Å². The van der Waals surface area contributed by atoms with Gasteiger partial charge in [-0.25, -0.2) is 13.1 Å². The fraction of sp³-hybridized carbons (Fsp3) is 0.227. The molecule has 0 aliphatic heterocycles. The number of hydrogen-bond acceptors (Lipinski definition) is 4. The molecule has 3 aromatic carbocycles. The second kappa shape index (κ2) is 8.73. The van der Waals surface area contributed by atoms with Crippen LogP contribution < -0.4 is 10.0 Å². The van der Waals surface area contributed by atoms with Crippen LogP contribution in [0.2, 0.25) is 0 Å². The van der Waals surface area contributed by atoms with E-state index >= 15 is 0 Å². The number of carbonyl (C=O) groups excluding carboxylic acids is 1. The fourth-order valence-corrected chi connectivity index (χ4v) is 4.46. The van der Waals surface area contributed by atoms with Crippen molar-refractivity contribution in [2.24, 2.45) is 0 Å². The van der Waals surface area contributed by atoms with Gasteiger partial charge in [0.15, 0.2) is 0 Å². The van der Waals surface area contributed by atoms with E-state index in [0.29, 0.717) is 23.2 Å². The predicted octanol–water partition coefficient (Wildman–Crippen LogP) is 3.51. The molecule has 6 nitrogen and oxygen atoms in total. The third kappa shape index (κ3) is 4.82. The first kappa shape index (κ1) is 21.0. The van der Waals surface area contributed by atoms with E-state index in [4.69, 9.17) is 0 Å². The van der Waals surface area contributed by atoms with Crippen LogP contribution in [-0.4, -0.2) is 26.0 Å². The van der Waals surface area contributed by atoms with Crippen molar-refractivity contribution < 1.29 is 18.3 Å². The lowest BCUT2D eigenvalue weighted by molar-refractivity contribution is -0.115. The summed E-state index contributed by atoms with van der Waals surface area (Å²) in [6, 6.07) is 17.8. The molecule has 152 valence electrons. The number of aryl methyl sites for hydroxylation is 1. The lowest BCUT2D eigenvalue weighted by Crippen LogP contribution is -2.29. The second-order valence-electron chi connectivity index (χ2n) is 6.82. The molecule has 0 fully saturated rings. The van der Waals surface area contributed by atoms with Crippen LogP contribution in [0.1, 0.15) is 30.6 Å². The monoisotopic (exact) mass is 412 g/mol. The van der Waals surface area contributed by atoms with E-state index in [1.54, 1.807) is 32.0 Å². The zero-order valence-electron chi connectivity index (χ0n) is 16.3. The molecule has 7 heteroatoms. The number of hydrogen-bond donors (Lipinski definition) is 3. The Balaban J connectivity index is 1.76. The quantitative estimate of drug-likeness (QED) is 0.553. The Labute approximate surface area is 170 Å². The number of anilines is 1. The number of carbonyl (C=O) groups is 1. The Morgan fingerprint density at radius 3 is 2.52 bits per heavy atom. The Bertz CT molecular complexity index is 1140. The van der Waals surface area contributed by atoms with Crippen molar-refractivity contribution in [1.82, 2.24) is 4.72 Å². The fourth-order valence-electron chi connectivity index (χ4n) is 3.20. The summed E-state index contributed by atoms with van der Waals surface area (Å²) in [7, 11) is -3.82. The van der Waals surface area contributed by atoms with Gasteiger partial charge >= 0.3 is 0 Å². The van der Waals surface area contributed by atoms with Crippen LogP contribution in [0.15, 0.2) is 65.6 Å². The van der Waals surface area contributed by atoms with Gasteiger partial charge in [-0.05, 0) is 47.0 Å². The molecule has 1 amide bonds. The predicted molar refractivity (Wildman–Crippen MR) is 114 cm³/mol. The van der Waals surface area contributed by atoms with Crippen molar-refractivity contribution >= 4 is 32.4 Å². The van der Waals surface area contributed by atoms with Crippen LogP contribution in [0.4, 0.5) is 5.69 Å². The maximum atomic E-state index is 12.7. The van der Waals surface area contributed by atoms with Crippen LogP contribution in [0.25, 0.3) is 10.8 Å². The highest BCUT2D eigenvalue weighted by Gasteiger charge is 2.20. The van der Waals surface area contributed by atoms with Crippen LogP contribution in [0.3, 0.4) is 0 Å². The number of benzene rings is 3. The van der Waals surface area contributed by atoms with E-state index in [0.717, 1.165) is 10.8 Å². The largest absolute Gasteiger partial charge is 0.387 e. The van der Waals surface area contributed by atoms with Gasteiger partial charge in [0, 0.05) is 18.7 Å². The summed E-state index contributed by atoms with van der Waals surface area (Å²) < 4.78 is 28.0. The van der Waals surface area contributed by atoms with Crippen molar-refractivity contribution in [1.29, 1.82) is 0 Å². The Hall–Kier alpha value is -2.74. The summed E-state index contributed by atoms with van der Waals surface area (Å²) in [4.78, 5) is 11.6. The van der Waals surface area contributed by atoms with Gasteiger partial charge in [0.05, 0.1) is 11.0 Å². The third-order valence-corrected chi connectivity index (χ3v) is 6.30. The minimum atomic E-state index is -3.82. The average molecular weight is 413 g/mol. The minimum Gasteiger partial charge on any atom is -0.387 e. The summed E-state index contributed by atoms with van der Waals surface area (Å²) in [6.07, 6.45) is -0.647. The number of rotatable bonds is 7. The molecule has 3 rings (SSSR count). The molecule has 0 spiro atoms. The van der Waals surface area contributed by atoms with Gasteiger partial charge in [-0.15, -0.1) is 0 Å². The molecule has 0 saturated heterocycles. The lowest BCUT2D eigenvalue weighted by atomic mass is 10.0. The number of aliphatic hydroxyl groups is 1. The molecule has 0 aromatic heterocycles. The van der Waals surface area contributed by atoms with Crippen molar-refractivity contribution in [3.05, 3.63) is 71.8 Å². The van der Waals surface area contributed by atoms with E-state index in [2.05, 4.69) is 10.0 Å². The summed E-state index contributed by atoms with van der Waals surface area (Å²) >= 11 is 0. The highest BCUT2D eigenvalue weighted by atomic mass is 32.2. The smallest absolute Gasteiger partial charge is 0.240 e. The standard InChI is InChI=1S/C22H24N2O4S/c1-3-22(26)24-17-11-12-21(15(2)13-17)29(27,28)23-14-20(25)19-10-6-8-16-7-4-5-9-18(16)19/h4-13,20,23,25H,3,14H2,1-2H3,(H,24,26). The number of aliphatic hydroxyl groups excluding tert-OH is 1. The molecular formula is C22H24N2O4S. The SMILES string of the molecule is CCC(=O)Nc1ccc(S(=O)(=O)NCC(O)c2cccc3ccccc23)c(C)c1. The Morgan fingerprint density at radius 2 is 1.79 bits per heavy atom. The lowest BCUT2D eigenvalue weighted by Gasteiger charge is -2.16. The Morgan fingerprint density at radius 1 is 1.07 bits per heavy atom. The van der Waals surface area contributed by atoms with E-state index in [1.165, 1.54) is 6.07 Å². The molecular weight excluding hydrogens is 388 g/mol. The highest BCUT2D eigenvalue weighted by Crippen LogP contribution is 2.25. The average Bonchev–Trinajstić information content (AvgIpc) is 2.71. The summed E-state index contributed by atoms with van der Waals surface area (Å²) in [5.74, 6) is -0.142. The molecule has 29 heavy (non-hydrogen) atoms. The summed E-state index contributed by atoms with van der Waals surface area (Å²) in [6.45, 7) is 3.26. The molecule has 0 bridgehead atoms. The maximum Gasteiger partial charge on any atom is 0.240 e. The van der Waals surface area contributed by atoms with E-state index in [1.807, 2.05) is 36.4 Å². The van der Waals surface area contributed by atoms with Crippen LogP contribution in [0, 0.1) is 6.92 Å². The first-order valence-corrected chi connectivity index (χ1v) is 10.9. The minimum absolute atomic E-state index is 0.108.